The first-order valence-electron chi connectivity index (χ1n) is 20.4. The largest absolute Gasteiger partial charge is 0.309 e. The van der Waals surface area contributed by atoms with Gasteiger partial charge in [-0.05, 0) is 94.0 Å². The van der Waals surface area contributed by atoms with Gasteiger partial charge >= 0.3 is 0 Å². The maximum absolute atomic E-state index is 2.53. The summed E-state index contributed by atoms with van der Waals surface area (Å²) < 4.78 is 7.41. The molecule has 3 nitrogen and oxygen atoms in total. The van der Waals surface area contributed by atoms with Gasteiger partial charge in [0.25, 0.3) is 0 Å². The molecule has 0 saturated heterocycles. The molecule has 3 heterocycles. The molecular formula is C56H35N3. The van der Waals surface area contributed by atoms with E-state index in [0.717, 1.165) is 5.69 Å². The summed E-state index contributed by atoms with van der Waals surface area (Å²) in [6.45, 7) is 0. The third-order valence-corrected chi connectivity index (χ3v) is 12.6. The Morgan fingerprint density at radius 2 is 0.763 bits per heavy atom. The standard InChI is InChI=1S/C56H35N3/c1-2-17-41(18-3-1)58-52-23-11-8-20-44(52)46-29-30-47-49-35-40(27-32-54(49)59(56(47)55(46)58)50-24-12-16-37-14-6-7-19-43(37)50)39-26-31-53-48(34-39)45-21-9-10-22-51(45)57(53)42-28-25-36-13-4-5-15-38(36)33-42/h1-35H. The first-order valence-corrected chi connectivity index (χ1v) is 20.4. The van der Waals surface area contributed by atoms with Gasteiger partial charge in [-0.2, -0.15) is 0 Å². The molecule has 0 bridgehead atoms. The summed E-state index contributed by atoms with van der Waals surface area (Å²) in [6, 6.07) is 78.1. The minimum atomic E-state index is 1.15. The molecule has 0 aliphatic carbocycles. The second kappa shape index (κ2) is 12.3. The summed E-state index contributed by atoms with van der Waals surface area (Å²) in [7, 11) is 0. The average Bonchev–Trinajstić information content (AvgIpc) is 3.94. The predicted octanol–water partition coefficient (Wildman–Crippen LogP) is 15.0. The van der Waals surface area contributed by atoms with Crippen LogP contribution in [0.25, 0.3) is 115 Å². The number of aromatic nitrogens is 3. The van der Waals surface area contributed by atoms with Crippen LogP contribution in [-0.4, -0.2) is 13.7 Å². The molecule has 0 radical (unpaired) electrons. The van der Waals surface area contributed by atoms with E-state index in [-0.39, 0.29) is 0 Å². The van der Waals surface area contributed by atoms with Gasteiger partial charge < -0.3 is 13.7 Å². The molecular weight excluding hydrogens is 715 g/mol. The van der Waals surface area contributed by atoms with Crippen molar-refractivity contribution in [3.8, 4) is 28.2 Å². The number of fused-ring (bicyclic) bond motifs is 12. The van der Waals surface area contributed by atoms with Crippen molar-refractivity contribution in [2.45, 2.75) is 0 Å². The molecule has 0 aliphatic rings. The van der Waals surface area contributed by atoms with Crippen molar-refractivity contribution in [3.63, 3.8) is 0 Å². The molecule has 10 aromatic carbocycles. The van der Waals surface area contributed by atoms with E-state index in [1.165, 1.54) is 109 Å². The van der Waals surface area contributed by atoms with Crippen molar-refractivity contribution in [2.75, 3.05) is 0 Å². The molecule has 0 unspecified atom stereocenters. The fourth-order valence-corrected chi connectivity index (χ4v) is 9.98. The smallest absolute Gasteiger partial charge is 0.0789 e. The molecule has 59 heavy (non-hydrogen) atoms. The Kier molecular flexibility index (Phi) is 6.72. The Morgan fingerprint density at radius 1 is 0.237 bits per heavy atom. The fourth-order valence-electron chi connectivity index (χ4n) is 9.98. The minimum Gasteiger partial charge on any atom is -0.309 e. The number of benzene rings is 10. The molecule has 0 fully saturated rings. The zero-order chi connectivity index (χ0) is 38.6. The van der Waals surface area contributed by atoms with Gasteiger partial charge in [0.1, 0.15) is 0 Å². The van der Waals surface area contributed by atoms with E-state index < -0.39 is 0 Å². The first-order chi connectivity index (χ1) is 29.3. The fraction of sp³-hybridized carbons (Fsp3) is 0. The summed E-state index contributed by atoms with van der Waals surface area (Å²) in [5, 5.41) is 12.4. The quantitative estimate of drug-likeness (QED) is 0.170. The SMILES string of the molecule is c1ccc(-n2c3ccccc3c3ccc4c5cc(-c6ccc7c(c6)c6ccccc6n7-c6ccc7ccccc7c6)ccc5n(-c5cccc6ccccc56)c4c32)cc1. The first kappa shape index (κ1) is 32.2. The van der Waals surface area contributed by atoms with E-state index in [4.69, 9.17) is 0 Å². The normalized spacial score (nSPS) is 12.1. The van der Waals surface area contributed by atoms with Crippen LogP contribution >= 0.6 is 0 Å². The molecule has 3 heteroatoms. The average molecular weight is 750 g/mol. The molecule has 0 atom stereocenters. The van der Waals surface area contributed by atoms with Crippen LogP contribution in [0.3, 0.4) is 0 Å². The van der Waals surface area contributed by atoms with Crippen LogP contribution in [0, 0.1) is 0 Å². The highest BCUT2D eigenvalue weighted by molar-refractivity contribution is 6.24. The van der Waals surface area contributed by atoms with Crippen LogP contribution < -0.4 is 0 Å². The van der Waals surface area contributed by atoms with E-state index in [2.05, 4.69) is 226 Å². The lowest BCUT2D eigenvalue weighted by atomic mass is 10.00. The Labute approximate surface area is 339 Å². The Hall–Kier alpha value is -7.88. The van der Waals surface area contributed by atoms with Crippen molar-refractivity contribution in [1.82, 2.24) is 13.7 Å². The number of nitrogens with zero attached hydrogens (tertiary/aromatic N) is 3. The number of rotatable bonds is 4. The molecule has 13 rings (SSSR count). The van der Waals surface area contributed by atoms with Crippen molar-refractivity contribution in [3.05, 3.63) is 212 Å². The second-order valence-corrected chi connectivity index (χ2v) is 15.7. The highest BCUT2D eigenvalue weighted by atomic mass is 15.0. The van der Waals surface area contributed by atoms with Crippen LogP contribution in [0.4, 0.5) is 0 Å². The van der Waals surface area contributed by atoms with Gasteiger partial charge in [-0.25, -0.2) is 0 Å². The van der Waals surface area contributed by atoms with Gasteiger partial charge in [-0.15, -0.1) is 0 Å². The summed E-state index contributed by atoms with van der Waals surface area (Å²) in [5.74, 6) is 0. The van der Waals surface area contributed by atoms with Gasteiger partial charge in [-0.1, -0.05) is 146 Å². The van der Waals surface area contributed by atoms with Gasteiger partial charge in [0, 0.05) is 49.1 Å². The van der Waals surface area contributed by atoms with Gasteiger partial charge in [0.05, 0.1) is 38.8 Å². The van der Waals surface area contributed by atoms with Crippen molar-refractivity contribution in [1.29, 1.82) is 0 Å². The number of hydrogen-bond donors (Lipinski definition) is 0. The molecule has 0 saturated carbocycles. The molecule has 0 aliphatic heterocycles. The number of hydrogen-bond acceptors (Lipinski definition) is 0. The molecule has 0 N–H and O–H groups in total. The van der Waals surface area contributed by atoms with Crippen LogP contribution in [0.5, 0.6) is 0 Å². The van der Waals surface area contributed by atoms with Crippen molar-refractivity contribution in [2.24, 2.45) is 0 Å². The predicted molar refractivity (Wildman–Crippen MR) is 250 cm³/mol. The summed E-state index contributed by atoms with van der Waals surface area (Å²) in [6.07, 6.45) is 0. The Morgan fingerprint density at radius 3 is 1.53 bits per heavy atom. The minimum absolute atomic E-state index is 1.15. The van der Waals surface area contributed by atoms with Gasteiger partial charge in [-0.3, -0.25) is 0 Å². The van der Waals surface area contributed by atoms with Crippen LogP contribution in [0.15, 0.2) is 212 Å². The lowest BCUT2D eigenvalue weighted by Gasteiger charge is -2.14. The van der Waals surface area contributed by atoms with Crippen LogP contribution in [-0.2, 0) is 0 Å². The van der Waals surface area contributed by atoms with Crippen molar-refractivity contribution >= 4 is 87.0 Å². The lowest BCUT2D eigenvalue weighted by Crippen LogP contribution is -1.99. The summed E-state index contributed by atoms with van der Waals surface area (Å²) >= 11 is 0. The highest BCUT2D eigenvalue weighted by Gasteiger charge is 2.23. The van der Waals surface area contributed by atoms with Crippen LogP contribution in [0.2, 0.25) is 0 Å². The van der Waals surface area contributed by atoms with E-state index in [9.17, 15) is 0 Å². The zero-order valence-corrected chi connectivity index (χ0v) is 32.0. The summed E-state index contributed by atoms with van der Waals surface area (Å²) in [5.41, 5.74) is 13.1. The lowest BCUT2D eigenvalue weighted by molar-refractivity contribution is 1.16. The molecule has 0 spiro atoms. The Balaban J connectivity index is 1.10. The van der Waals surface area contributed by atoms with Crippen molar-refractivity contribution < 1.29 is 0 Å². The van der Waals surface area contributed by atoms with E-state index in [0.29, 0.717) is 0 Å². The Bertz CT molecular complexity index is 3840. The topological polar surface area (TPSA) is 14.8 Å². The van der Waals surface area contributed by atoms with Crippen LogP contribution in [0.1, 0.15) is 0 Å². The molecule has 0 amide bonds. The molecule has 3 aromatic heterocycles. The third kappa shape index (κ3) is 4.64. The van der Waals surface area contributed by atoms with Gasteiger partial charge in [0.2, 0.25) is 0 Å². The second-order valence-electron chi connectivity index (χ2n) is 15.7. The maximum atomic E-state index is 2.53. The van der Waals surface area contributed by atoms with Gasteiger partial charge in [0.15, 0.2) is 0 Å². The molecule has 274 valence electrons. The summed E-state index contributed by atoms with van der Waals surface area (Å²) in [4.78, 5) is 0. The monoisotopic (exact) mass is 749 g/mol. The third-order valence-electron chi connectivity index (χ3n) is 12.6. The van der Waals surface area contributed by atoms with E-state index in [1.54, 1.807) is 0 Å². The maximum Gasteiger partial charge on any atom is 0.0789 e. The van der Waals surface area contributed by atoms with E-state index in [1.807, 2.05) is 0 Å². The molecule has 13 aromatic rings. The van der Waals surface area contributed by atoms with E-state index >= 15 is 0 Å². The highest BCUT2D eigenvalue weighted by Crippen LogP contribution is 2.44. The number of para-hydroxylation sites is 3. The zero-order valence-electron chi connectivity index (χ0n) is 32.0.